The zero-order chi connectivity index (χ0) is 29.9. The third-order valence-electron chi connectivity index (χ3n) is 7.26. The second-order valence-electron chi connectivity index (χ2n) is 10.0. The number of halogens is 2. The summed E-state index contributed by atoms with van der Waals surface area (Å²) < 4.78 is 46.3. The Bertz CT molecular complexity index is 1510. The maximum absolute atomic E-state index is 13.7. The number of hydrogen-bond acceptors (Lipinski definition) is 8. The van der Waals surface area contributed by atoms with Crippen LogP contribution in [0, 0.1) is 5.21 Å². The van der Waals surface area contributed by atoms with Crippen LogP contribution >= 0.6 is 35.0 Å². The van der Waals surface area contributed by atoms with Crippen molar-refractivity contribution in [2.75, 3.05) is 19.4 Å². The highest BCUT2D eigenvalue weighted by molar-refractivity contribution is 8.02. The van der Waals surface area contributed by atoms with Crippen LogP contribution in [0.15, 0.2) is 65.8 Å². The van der Waals surface area contributed by atoms with E-state index >= 15 is 0 Å². The largest absolute Gasteiger partial charge is 0.619 e. The number of hydrogen-bond donors (Lipinski definition) is 0. The highest BCUT2D eigenvalue weighted by Crippen LogP contribution is 2.38. The fourth-order valence-corrected chi connectivity index (χ4v) is 8.79. The first-order valence-corrected chi connectivity index (χ1v) is 16.7. The number of pyridine rings is 1. The first-order chi connectivity index (χ1) is 20.2. The van der Waals surface area contributed by atoms with Gasteiger partial charge in [0.25, 0.3) is 0 Å². The molecule has 2 atom stereocenters. The summed E-state index contributed by atoms with van der Waals surface area (Å²) in [4.78, 5) is 13.8. The van der Waals surface area contributed by atoms with E-state index in [1.54, 1.807) is 43.5 Å². The Labute approximate surface area is 259 Å². The van der Waals surface area contributed by atoms with Crippen molar-refractivity contribution < 1.29 is 32.2 Å². The summed E-state index contributed by atoms with van der Waals surface area (Å²) in [5.41, 5.74) is 0.980. The Balaban J connectivity index is 1.47. The minimum Gasteiger partial charge on any atom is -0.619 e. The molecular formula is C29H30Cl2N2O7S2. The van der Waals surface area contributed by atoms with Gasteiger partial charge in [0.05, 0.1) is 18.1 Å². The van der Waals surface area contributed by atoms with Gasteiger partial charge in [-0.2, -0.15) is 9.04 Å². The number of methoxy groups -OCH3 is 1. The van der Waals surface area contributed by atoms with Crippen LogP contribution in [0.2, 0.25) is 10.0 Å². The topological polar surface area (TPSA) is 109 Å². The molecular weight excluding hydrogens is 623 g/mol. The first-order valence-electron chi connectivity index (χ1n) is 13.5. The van der Waals surface area contributed by atoms with Crippen molar-refractivity contribution in [3.63, 3.8) is 0 Å². The lowest BCUT2D eigenvalue weighted by Crippen LogP contribution is -2.40. The van der Waals surface area contributed by atoms with Gasteiger partial charge in [0.2, 0.25) is 10.0 Å². The Hall–Kier alpha value is -2.70. The van der Waals surface area contributed by atoms with Crippen molar-refractivity contribution in [1.29, 1.82) is 0 Å². The van der Waals surface area contributed by atoms with Gasteiger partial charge < -0.3 is 19.4 Å². The predicted molar refractivity (Wildman–Crippen MR) is 160 cm³/mol. The van der Waals surface area contributed by atoms with E-state index in [2.05, 4.69) is 0 Å². The average Bonchev–Trinajstić information content (AvgIpc) is 3.68. The van der Waals surface area contributed by atoms with Crippen LogP contribution in [0.4, 0.5) is 0 Å². The zero-order valence-corrected chi connectivity index (χ0v) is 25.9. The van der Waals surface area contributed by atoms with Gasteiger partial charge in [-0.25, -0.2) is 13.2 Å². The summed E-state index contributed by atoms with van der Waals surface area (Å²) in [7, 11) is -2.39. The van der Waals surface area contributed by atoms with Crippen molar-refractivity contribution in [3.05, 3.63) is 87.3 Å². The van der Waals surface area contributed by atoms with Crippen molar-refractivity contribution in [2.45, 2.75) is 54.6 Å². The summed E-state index contributed by atoms with van der Waals surface area (Å²) in [5.74, 6) is 0.746. The van der Waals surface area contributed by atoms with Gasteiger partial charge in [0, 0.05) is 24.3 Å². The fraction of sp³-hybridized carbons (Fsp3) is 0.379. The number of esters is 1. The number of carbonyl (C=O) groups excluding carboxylic acids is 1. The molecule has 0 radical (unpaired) electrons. The molecule has 0 amide bonds. The maximum Gasteiger partial charge on any atom is 0.335 e. The monoisotopic (exact) mass is 652 g/mol. The molecule has 2 aliphatic rings. The normalized spacial score (nSPS) is 18.6. The smallest absolute Gasteiger partial charge is 0.335 e. The SMILES string of the molecule is COc1ccc(C(Cc2c(Cl)c[n+]([O-])cc2Cl)OC(=O)C2SCCN2S(=O)(=O)c2ccccc2)cc1OC1CCCC1. The number of carbonyl (C=O) groups is 1. The maximum atomic E-state index is 13.7. The van der Waals surface area contributed by atoms with E-state index in [1.807, 2.05) is 0 Å². The molecule has 1 saturated carbocycles. The molecule has 1 aromatic heterocycles. The van der Waals surface area contributed by atoms with Crippen LogP contribution in [0.25, 0.3) is 0 Å². The lowest BCUT2D eigenvalue weighted by molar-refractivity contribution is -0.605. The second-order valence-corrected chi connectivity index (χ2v) is 13.9. The number of aromatic nitrogens is 1. The number of thioether (sulfide) groups is 1. The zero-order valence-electron chi connectivity index (χ0n) is 22.8. The van der Waals surface area contributed by atoms with Gasteiger partial charge in [-0.1, -0.05) is 47.5 Å². The molecule has 1 aliphatic heterocycles. The molecule has 9 nitrogen and oxygen atoms in total. The van der Waals surface area contributed by atoms with Gasteiger partial charge in [0.15, 0.2) is 29.3 Å². The summed E-state index contributed by atoms with van der Waals surface area (Å²) in [6.07, 6.45) is 5.51. The number of sulfonamides is 1. The lowest BCUT2D eigenvalue weighted by atomic mass is 10.0. The molecule has 0 spiro atoms. The Morgan fingerprint density at radius 1 is 1.10 bits per heavy atom. The molecule has 2 heterocycles. The minimum atomic E-state index is -3.94. The van der Waals surface area contributed by atoms with Gasteiger partial charge in [-0.15, -0.1) is 11.8 Å². The van der Waals surface area contributed by atoms with Crippen molar-refractivity contribution in [3.8, 4) is 11.5 Å². The van der Waals surface area contributed by atoms with E-state index in [9.17, 15) is 18.4 Å². The molecule has 0 bridgehead atoms. The predicted octanol–water partition coefficient (Wildman–Crippen LogP) is 5.55. The molecule has 224 valence electrons. The van der Waals surface area contributed by atoms with Crippen LogP contribution < -0.4 is 14.2 Å². The number of benzene rings is 2. The third-order valence-corrected chi connectivity index (χ3v) is 11.1. The van der Waals surface area contributed by atoms with Crippen molar-refractivity contribution in [1.82, 2.24) is 4.31 Å². The molecule has 42 heavy (non-hydrogen) atoms. The van der Waals surface area contributed by atoms with Crippen molar-refractivity contribution >= 4 is 51.0 Å². The molecule has 3 aromatic rings. The summed E-state index contributed by atoms with van der Waals surface area (Å²) >= 11 is 14.0. The molecule has 5 rings (SSSR count). The standard InChI is InChI=1S/C29H30Cl2N2O7S2/c1-38-25-12-11-19(15-27(25)39-20-7-5-6-8-20)26(16-22-23(30)17-32(35)18-24(22)31)40-29(34)28-33(13-14-41-28)42(36,37)21-9-3-2-4-10-21/h2-4,9-12,15,17-18,20,26,28H,5-8,13-14,16H2,1H3. The molecule has 2 aromatic carbocycles. The van der Waals surface area contributed by atoms with Gasteiger partial charge in [0.1, 0.15) is 16.1 Å². The van der Waals surface area contributed by atoms with E-state index in [0.29, 0.717) is 33.1 Å². The van der Waals surface area contributed by atoms with Crippen LogP contribution in [-0.2, 0) is 26.0 Å². The molecule has 1 saturated heterocycles. The van der Waals surface area contributed by atoms with Gasteiger partial charge >= 0.3 is 5.97 Å². The third kappa shape index (κ3) is 6.75. The van der Waals surface area contributed by atoms with E-state index < -0.39 is 27.5 Å². The Kier molecular flexibility index (Phi) is 9.74. The second kappa shape index (κ2) is 13.3. The molecule has 13 heteroatoms. The number of ether oxygens (including phenoxy) is 3. The molecule has 1 aliphatic carbocycles. The van der Waals surface area contributed by atoms with E-state index in [1.165, 1.54) is 36.3 Å². The Morgan fingerprint density at radius 2 is 1.79 bits per heavy atom. The van der Waals surface area contributed by atoms with E-state index in [4.69, 9.17) is 37.4 Å². The van der Waals surface area contributed by atoms with Gasteiger partial charge in [-0.3, -0.25) is 0 Å². The van der Waals surface area contributed by atoms with Crippen molar-refractivity contribution in [2.24, 2.45) is 0 Å². The highest BCUT2D eigenvalue weighted by Gasteiger charge is 2.42. The molecule has 2 fully saturated rings. The molecule has 2 unspecified atom stereocenters. The summed E-state index contributed by atoms with van der Waals surface area (Å²) in [5, 5.41) is 11.0. The van der Waals surface area contributed by atoms with Crippen LogP contribution in [0.5, 0.6) is 11.5 Å². The van der Waals surface area contributed by atoms with Crippen LogP contribution in [-0.4, -0.2) is 49.6 Å². The summed E-state index contributed by atoms with van der Waals surface area (Å²) in [6.45, 7) is 0.161. The quantitative estimate of drug-likeness (QED) is 0.159. The average molecular weight is 654 g/mol. The van der Waals surface area contributed by atoms with Crippen LogP contribution in [0.3, 0.4) is 0 Å². The number of rotatable bonds is 10. The van der Waals surface area contributed by atoms with E-state index in [0.717, 1.165) is 30.0 Å². The first kappa shape index (κ1) is 30.7. The fourth-order valence-electron chi connectivity index (χ4n) is 5.12. The minimum absolute atomic E-state index is 0.0300. The Morgan fingerprint density at radius 3 is 2.45 bits per heavy atom. The molecule has 0 N–H and O–H groups in total. The summed E-state index contributed by atoms with van der Waals surface area (Å²) in [6, 6.07) is 13.2. The van der Waals surface area contributed by atoms with Gasteiger partial charge in [-0.05, 0) is 55.5 Å². The lowest BCUT2D eigenvalue weighted by Gasteiger charge is -2.26. The van der Waals surface area contributed by atoms with Crippen LogP contribution in [0.1, 0.15) is 42.9 Å². The van der Waals surface area contributed by atoms with E-state index in [-0.39, 0.29) is 34.0 Å². The number of nitrogens with zero attached hydrogens (tertiary/aromatic N) is 2. The highest BCUT2D eigenvalue weighted by atomic mass is 35.5.